The van der Waals surface area contributed by atoms with E-state index in [0.717, 1.165) is 25.7 Å². The summed E-state index contributed by atoms with van der Waals surface area (Å²) in [4.78, 5) is 10.6. The number of hydrogen-bond acceptors (Lipinski definition) is 3. The number of rotatable bonds is 8. The molecule has 3 fully saturated rings. The molecule has 0 heterocycles. The van der Waals surface area contributed by atoms with Crippen LogP contribution in [0.2, 0.25) is 0 Å². The maximum absolute atomic E-state index is 10.7. The molecule has 4 nitrogen and oxygen atoms in total. The lowest BCUT2D eigenvalue weighted by molar-refractivity contribution is -0.137. The van der Waals surface area contributed by atoms with Crippen LogP contribution in [0.5, 0.6) is 0 Å². The fourth-order valence-electron chi connectivity index (χ4n) is 5.86. The van der Waals surface area contributed by atoms with Crippen molar-refractivity contribution in [3.8, 4) is 0 Å². The Kier molecular flexibility index (Phi) is 7.76. The third kappa shape index (κ3) is 5.48. The Hall–Kier alpha value is -1.13. The van der Waals surface area contributed by atoms with E-state index in [1.165, 1.54) is 37.7 Å². The minimum absolute atomic E-state index is 0.142. The molecule has 0 aromatic carbocycles. The number of aliphatic hydroxyl groups is 2. The first kappa shape index (κ1) is 21.6. The van der Waals surface area contributed by atoms with Gasteiger partial charge in [-0.2, -0.15) is 0 Å². The minimum Gasteiger partial charge on any atom is -0.481 e. The molecule has 4 heteroatoms. The van der Waals surface area contributed by atoms with Gasteiger partial charge in [0.25, 0.3) is 0 Å². The third-order valence-corrected chi connectivity index (χ3v) is 7.60. The highest BCUT2D eigenvalue weighted by molar-refractivity contribution is 5.66. The normalized spacial score (nSPS) is 34.8. The molecule has 0 spiro atoms. The van der Waals surface area contributed by atoms with Crippen molar-refractivity contribution < 1.29 is 20.1 Å². The Bertz CT molecular complexity index is 575. The van der Waals surface area contributed by atoms with Gasteiger partial charge in [-0.3, -0.25) is 4.79 Å². The molecule has 0 saturated heterocycles. The Morgan fingerprint density at radius 3 is 2.68 bits per heavy atom. The van der Waals surface area contributed by atoms with Gasteiger partial charge in [0.15, 0.2) is 0 Å². The van der Waals surface area contributed by atoms with E-state index in [-0.39, 0.29) is 18.4 Å². The van der Waals surface area contributed by atoms with E-state index in [4.69, 9.17) is 5.11 Å². The van der Waals surface area contributed by atoms with E-state index in [2.05, 4.69) is 19.1 Å². The zero-order chi connectivity index (χ0) is 20.1. The Balaban J connectivity index is 1.52. The van der Waals surface area contributed by atoms with E-state index in [9.17, 15) is 15.0 Å². The molecule has 158 valence electrons. The lowest BCUT2D eigenvalue weighted by Crippen LogP contribution is -2.26. The lowest BCUT2D eigenvalue weighted by atomic mass is 9.78. The smallest absolute Gasteiger partial charge is 0.303 e. The van der Waals surface area contributed by atoms with Crippen LogP contribution in [0.25, 0.3) is 0 Å². The number of aliphatic carboxylic acids is 1. The predicted molar refractivity (Wildman–Crippen MR) is 111 cm³/mol. The number of aliphatic hydroxyl groups excluding tert-OH is 2. The molecule has 0 radical (unpaired) electrons. The first-order valence-electron chi connectivity index (χ1n) is 11.4. The van der Waals surface area contributed by atoms with Crippen LogP contribution in [0.1, 0.15) is 77.6 Å². The van der Waals surface area contributed by atoms with Crippen molar-refractivity contribution in [1.82, 2.24) is 0 Å². The highest BCUT2D eigenvalue weighted by atomic mass is 16.4. The molecule has 0 aromatic rings. The predicted octanol–water partition coefficient (Wildman–Crippen LogP) is 4.71. The molecule has 0 amide bonds. The molecule has 6 atom stereocenters. The molecular formula is C24H38O4. The van der Waals surface area contributed by atoms with Gasteiger partial charge in [-0.1, -0.05) is 62.8 Å². The van der Waals surface area contributed by atoms with Gasteiger partial charge in [-0.15, -0.1) is 0 Å². The van der Waals surface area contributed by atoms with E-state index >= 15 is 0 Å². The number of unbranched alkanes of at least 4 members (excludes halogenated alkanes) is 1. The molecule has 0 aromatic heterocycles. The van der Waals surface area contributed by atoms with Gasteiger partial charge >= 0.3 is 5.97 Å². The quantitative estimate of drug-likeness (QED) is 0.414. The Morgan fingerprint density at radius 1 is 1.21 bits per heavy atom. The fourth-order valence-corrected chi connectivity index (χ4v) is 5.86. The van der Waals surface area contributed by atoms with E-state index in [1.807, 2.05) is 6.08 Å². The van der Waals surface area contributed by atoms with Crippen LogP contribution in [0.4, 0.5) is 0 Å². The molecule has 3 aliphatic rings. The monoisotopic (exact) mass is 390 g/mol. The van der Waals surface area contributed by atoms with Gasteiger partial charge in [0, 0.05) is 12.3 Å². The number of fused-ring (bicyclic) bond motifs is 1. The van der Waals surface area contributed by atoms with Crippen LogP contribution >= 0.6 is 0 Å². The second kappa shape index (κ2) is 10.1. The van der Waals surface area contributed by atoms with Gasteiger partial charge in [0.05, 0.1) is 12.2 Å². The van der Waals surface area contributed by atoms with Gasteiger partial charge in [0.2, 0.25) is 0 Å². The highest BCUT2D eigenvalue weighted by Gasteiger charge is 2.45. The van der Waals surface area contributed by atoms with Crippen LogP contribution in [-0.4, -0.2) is 33.5 Å². The summed E-state index contributed by atoms with van der Waals surface area (Å²) in [7, 11) is 0. The summed E-state index contributed by atoms with van der Waals surface area (Å²) in [6, 6.07) is 0. The van der Waals surface area contributed by atoms with E-state index in [0.29, 0.717) is 30.1 Å². The van der Waals surface area contributed by atoms with Crippen LogP contribution in [0, 0.1) is 29.6 Å². The van der Waals surface area contributed by atoms with Gasteiger partial charge in [-0.05, 0) is 55.8 Å². The van der Waals surface area contributed by atoms with E-state index in [1.54, 1.807) is 0 Å². The van der Waals surface area contributed by atoms with Crippen molar-refractivity contribution in [2.75, 3.05) is 0 Å². The molecule has 0 bridgehead atoms. The number of carbonyl (C=O) groups is 1. The van der Waals surface area contributed by atoms with Crippen molar-refractivity contribution in [2.45, 2.75) is 89.8 Å². The first-order chi connectivity index (χ1) is 13.5. The van der Waals surface area contributed by atoms with Crippen molar-refractivity contribution in [2.24, 2.45) is 29.6 Å². The zero-order valence-corrected chi connectivity index (χ0v) is 17.3. The molecule has 1 unspecified atom stereocenters. The van der Waals surface area contributed by atoms with Crippen LogP contribution in [0.3, 0.4) is 0 Å². The summed E-state index contributed by atoms with van der Waals surface area (Å²) in [6.07, 6.45) is 16.6. The maximum atomic E-state index is 10.7. The van der Waals surface area contributed by atoms with Crippen LogP contribution in [0.15, 0.2) is 23.8 Å². The average molecular weight is 391 g/mol. The SMILES string of the molecule is CC(C1CCCCC1)[C@@H](O)C=C[C@@H]1[C@H]2CC(=CCCCC(=O)O)C[C@@H]2C[C@H]1O. The zero-order valence-electron chi connectivity index (χ0n) is 17.3. The van der Waals surface area contributed by atoms with Crippen LogP contribution < -0.4 is 0 Å². The van der Waals surface area contributed by atoms with Gasteiger partial charge in [0.1, 0.15) is 0 Å². The molecule has 3 N–H and O–H groups in total. The number of allylic oxidation sites excluding steroid dienone is 2. The van der Waals surface area contributed by atoms with Crippen molar-refractivity contribution in [3.63, 3.8) is 0 Å². The molecule has 3 rings (SSSR count). The summed E-state index contributed by atoms with van der Waals surface area (Å²) in [5, 5.41) is 30.0. The second-order valence-electron chi connectivity index (χ2n) is 9.49. The molecule has 28 heavy (non-hydrogen) atoms. The Morgan fingerprint density at radius 2 is 1.96 bits per heavy atom. The summed E-state index contributed by atoms with van der Waals surface area (Å²) in [5.41, 5.74) is 1.43. The topological polar surface area (TPSA) is 77.8 Å². The highest BCUT2D eigenvalue weighted by Crippen LogP contribution is 2.50. The number of hydrogen-bond donors (Lipinski definition) is 3. The standard InChI is InChI=1S/C24H38O4/c1-16(18-8-3-2-4-9-18)22(25)12-11-20-21-14-17(7-5-6-10-24(27)28)13-19(21)15-23(20)26/h7,11-12,16,18-23,25-26H,2-6,8-10,13-15H2,1H3,(H,27,28)/t16?,19-,20-,21+,22+,23-/m1/s1. The van der Waals surface area contributed by atoms with E-state index < -0.39 is 12.1 Å². The molecule has 0 aliphatic heterocycles. The maximum Gasteiger partial charge on any atom is 0.303 e. The number of carboxylic acids is 1. The number of carboxylic acid groups (broad SMARTS) is 1. The Labute approximate surface area is 169 Å². The average Bonchev–Trinajstić information content (AvgIpc) is 3.19. The largest absolute Gasteiger partial charge is 0.481 e. The fraction of sp³-hybridized carbons (Fsp3) is 0.792. The minimum atomic E-state index is -0.726. The van der Waals surface area contributed by atoms with Crippen molar-refractivity contribution in [3.05, 3.63) is 23.8 Å². The summed E-state index contributed by atoms with van der Waals surface area (Å²) in [5.74, 6) is 1.33. The lowest BCUT2D eigenvalue weighted by Gasteiger charge is -2.30. The molecule has 3 aliphatic carbocycles. The van der Waals surface area contributed by atoms with Gasteiger partial charge < -0.3 is 15.3 Å². The van der Waals surface area contributed by atoms with Crippen molar-refractivity contribution >= 4 is 5.97 Å². The molecule has 3 saturated carbocycles. The van der Waals surface area contributed by atoms with Crippen LogP contribution in [-0.2, 0) is 4.79 Å². The van der Waals surface area contributed by atoms with Crippen molar-refractivity contribution in [1.29, 1.82) is 0 Å². The summed E-state index contributed by atoms with van der Waals surface area (Å²) < 4.78 is 0. The first-order valence-corrected chi connectivity index (χ1v) is 11.4. The van der Waals surface area contributed by atoms with Gasteiger partial charge in [-0.25, -0.2) is 0 Å². The summed E-state index contributed by atoms with van der Waals surface area (Å²) >= 11 is 0. The molecular weight excluding hydrogens is 352 g/mol. The summed E-state index contributed by atoms with van der Waals surface area (Å²) in [6.45, 7) is 2.17. The third-order valence-electron chi connectivity index (χ3n) is 7.60. The second-order valence-corrected chi connectivity index (χ2v) is 9.49.